The molecule has 2 aliphatic rings. The van der Waals surface area contributed by atoms with Crippen molar-refractivity contribution in [2.24, 2.45) is 5.92 Å². The molecule has 2 bridgehead atoms. The second-order valence-corrected chi connectivity index (χ2v) is 9.47. The first-order valence-corrected chi connectivity index (χ1v) is 11.1. The lowest BCUT2D eigenvalue weighted by molar-refractivity contribution is -0.113. The number of thioether (sulfide) groups is 1. The number of pyridine rings is 1. The van der Waals surface area contributed by atoms with E-state index in [1.807, 2.05) is 29.0 Å². The van der Waals surface area contributed by atoms with Crippen LogP contribution in [-0.2, 0) is 11.3 Å². The number of thiocarbonyl (C=S) groups is 1. The van der Waals surface area contributed by atoms with E-state index in [0.717, 1.165) is 41.8 Å². The zero-order chi connectivity index (χ0) is 19.0. The molecule has 1 N–H and O–H groups in total. The molecule has 0 unspecified atom stereocenters. The monoisotopic (exact) mass is 420 g/mol. The molecule has 1 fully saturated rings. The molecule has 0 aliphatic carbocycles. The number of aromatic nitrogens is 2. The van der Waals surface area contributed by atoms with Crippen LogP contribution in [0.2, 0.25) is 0 Å². The maximum Gasteiger partial charge on any atom is 0.250 e. The standard InChI is InChI=1S/C18H20N4O2S3/c1-11-9-26-17(19-11)20-15(23)10-27-18(25)21-6-12-5-13(8-21)14-3-2-4-16(24)22(14)7-12/h2-4,9,12-13H,5-8,10H2,1H3,(H,19,20,23)/t12-,13+/m0/s1. The summed E-state index contributed by atoms with van der Waals surface area (Å²) in [5, 5.41) is 5.34. The summed E-state index contributed by atoms with van der Waals surface area (Å²) in [4.78, 5) is 30.7. The Morgan fingerprint density at radius 3 is 3.04 bits per heavy atom. The van der Waals surface area contributed by atoms with E-state index in [1.54, 1.807) is 6.07 Å². The first-order chi connectivity index (χ1) is 13.0. The molecule has 1 amide bonds. The maximum atomic E-state index is 12.1. The number of fused-ring (bicyclic) bond motifs is 4. The normalized spacial score (nSPS) is 20.9. The summed E-state index contributed by atoms with van der Waals surface area (Å²) < 4.78 is 2.66. The fourth-order valence-corrected chi connectivity index (χ4v) is 5.52. The van der Waals surface area contributed by atoms with Crippen LogP contribution < -0.4 is 10.9 Å². The van der Waals surface area contributed by atoms with Gasteiger partial charge in [-0.1, -0.05) is 30.0 Å². The third-order valence-corrected chi connectivity index (χ3v) is 7.33. The van der Waals surface area contributed by atoms with Gasteiger partial charge in [-0.15, -0.1) is 11.3 Å². The molecule has 0 spiro atoms. The van der Waals surface area contributed by atoms with Crippen molar-refractivity contribution in [1.82, 2.24) is 14.5 Å². The molecule has 4 heterocycles. The lowest BCUT2D eigenvalue weighted by atomic mass is 9.83. The summed E-state index contributed by atoms with van der Waals surface area (Å²) in [5.41, 5.74) is 2.09. The molecule has 0 saturated carbocycles. The van der Waals surface area contributed by atoms with Crippen molar-refractivity contribution in [2.45, 2.75) is 25.8 Å². The van der Waals surface area contributed by atoms with E-state index >= 15 is 0 Å². The average Bonchev–Trinajstić information content (AvgIpc) is 3.05. The van der Waals surface area contributed by atoms with E-state index < -0.39 is 0 Å². The highest BCUT2D eigenvalue weighted by Crippen LogP contribution is 2.36. The molecule has 0 radical (unpaired) electrons. The number of likely N-dealkylation sites (tertiary alicyclic amines) is 1. The molecular weight excluding hydrogens is 400 g/mol. The Morgan fingerprint density at radius 1 is 1.41 bits per heavy atom. The van der Waals surface area contributed by atoms with Gasteiger partial charge in [-0.2, -0.15) is 0 Å². The number of carbonyl (C=O) groups excluding carboxylic acids is 1. The highest BCUT2D eigenvalue weighted by molar-refractivity contribution is 8.23. The second-order valence-electron chi connectivity index (χ2n) is 7.00. The summed E-state index contributed by atoms with van der Waals surface area (Å²) in [6.07, 6.45) is 1.09. The maximum absolute atomic E-state index is 12.1. The van der Waals surface area contributed by atoms with Crippen molar-refractivity contribution in [2.75, 3.05) is 24.2 Å². The van der Waals surface area contributed by atoms with Crippen LogP contribution in [-0.4, -0.2) is 43.5 Å². The fourth-order valence-electron chi connectivity index (χ4n) is 3.83. The van der Waals surface area contributed by atoms with Gasteiger partial charge in [0.2, 0.25) is 5.91 Å². The number of rotatable bonds is 3. The summed E-state index contributed by atoms with van der Waals surface area (Å²) >= 11 is 8.41. The quantitative estimate of drug-likeness (QED) is 0.770. The van der Waals surface area contributed by atoms with E-state index in [0.29, 0.717) is 17.0 Å². The van der Waals surface area contributed by atoms with E-state index in [4.69, 9.17) is 12.2 Å². The zero-order valence-corrected chi connectivity index (χ0v) is 17.3. The number of carbonyl (C=O) groups is 1. The summed E-state index contributed by atoms with van der Waals surface area (Å²) in [7, 11) is 0. The van der Waals surface area contributed by atoms with Crippen LogP contribution in [0.3, 0.4) is 0 Å². The fraction of sp³-hybridized carbons (Fsp3) is 0.444. The molecule has 9 heteroatoms. The molecule has 4 rings (SSSR count). The van der Waals surface area contributed by atoms with Crippen molar-refractivity contribution in [3.05, 3.63) is 45.3 Å². The van der Waals surface area contributed by atoms with Crippen LogP contribution in [0.1, 0.15) is 23.7 Å². The second kappa shape index (κ2) is 7.73. The van der Waals surface area contributed by atoms with Gasteiger partial charge in [-0.25, -0.2) is 4.98 Å². The molecule has 2 aromatic rings. The predicted molar refractivity (Wildman–Crippen MR) is 114 cm³/mol. The number of thiazole rings is 1. The van der Waals surface area contributed by atoms with Crippen molar-refractivity contribution < 1.29 is 4.79 Å². The predicted octanol–water partition coefficient (Wildman–Crippen LogP) is 2.69. The van der Waals surface area contributed by atoms with Crippen LogP contribution in [0.4, 0.5) is 5.13 Å². The molecule has 0 aromatic carbocycles. The topological polar surface area (TPSA) is 67.2 Å². The number of nitrogens with one attached hydrogen (secondary N) is 1. The van der Waals surface area contributed by atoms with Crippen LogP contribution >= 0.6 is 35.3 Å². The van der Waals surface area contributed by atoms with Gasteiger partial charge in [-0.3, -0.25) is 9.59 Å². The van der Waals surface area contributed by atoms with Gasteiger partial charge in [0.1, 0.15) is 4.32 Å². The SMILES string of the molecule is Cc1csc(NC(=O)CSC(=S)N2C[C@@H]3C[C@H](C2)c2cccc(=O)n2C3)n1. The number of hydrogen-bond donors (Lipinski definition) is 1. The number of piperidine rings is 1. The zero-order valence-electron chi connectivity index (χ0n) is 14.9. The molecule has 1 saturated heterocycles. The van der Waals surface area contributed by atoms with Gasteiger partial charge >= 0.3 is 0 Å². The highest BCUT2D eigenvalue weighted by atomic mass is 32.2. The van der Waals surface area contributed by atoms with E-state index in [9.17, 15) is 9.59 Å². The third-order valence-electron chi connectivity index (χ3n) is 4.93. The first-order valence-electron chi connectivity index (χ1n) is 8.83. The number of nitrogens with zero attached hydrogens (tertiary/aromatic N) is 3. The molecule has 142 valence electrons. The van der Waals surface area contributed by atoms with Crippen LogP contribution in [0.5, 0.6) is 0 Å². The molecule has 2 atom stereocenters. The Morgan fingerprint density at radius 2 is 2.26 bits per heavy atom. The largest absolute Gasteiger partial charge is 0.356 e. The van der Waals surface area contributed by atoms with Gasteiger partial charge in [0.15, 0.2) is 5.13 Å². The van der Waals surface area contributed by atoms with Gasteiger partial charge in [0.25, 0.3) is 5.56 Å². The highest BCUT2D eigenvalue weighted by Gasteiger charge is 2.35. The van der Waals surface area contributed by atoms with Crippen LogP contribution in [0.25, 0.3) is 0 Å². The number of aryl methyl sites for hydroxylation is 1. The Bertz CT molecular complexity index is 939. The van der Waals surface area contributed by atoms with E-state index in [1.165, 1.54) is 23.1 Å². The minimum absolute atomic E-state index is 0.0849. The number of amides is 1. The average molecular weight is 421 g/mol. The lowest BCUT2D eigenvalue weighted by Gasteiger charge is -2.43. The Kier molecular flexibility index (Phi) is 5.34. The van der Waals surface area contributed by atoms with E-state index in [2.05, 4.69) is 15.2 Å². The Balaban J connectivity index is 1.35. The summed E-state index contributed by atoms with van der Waals surface area (Å²) in [5.74, 6) is 0.921. The van der Waals surface area contributed by atoms with Gasteiger partial charge in [0, 0.05) is 42.7 Å². The van der Waals surface area contributed by atoms with Crippen LogP contribution in [0, 0.1) is 12.8 Å². The molecule has 6 nitrogen and oxygen atoms in total. The Labute approximate surface area is 171 Å². The first kappa shape index (κ1) is 18.6. The minimum atomic E-state index is -0.0919. The van der Waals surface area contributed by atoms with E-state index in [-0.39, 0.29) is 17.2 Å². The summed E-state index contributed by atoms with van der Waals surface area (Å²) in [6.45, 7) is 4.30. The third kappa shape index (κ3) is 4.09. The smallest absolute Gasteiger partial charge is 0.250 e. The summed E-state index contributed by atoms with van der Waals surface area (Å²) in [6, 6.07) is 5.52. The molecule has 27 heavy (non-hydrogen) atoms. The number of hydrogen-bond acceptors (Lipinski definition) is 6. The van der Waals surface area contributed by atoms with Gasteiger partial charge in [0.05, 0.1) is 11.4 Å². The van der Waals surface area contributed by atoms with Crippen molar-refractivity contribution in [1.29, 1.82) is 0 Å². The van der Waals surface area contributed by atoms with Crippen molar-refractivity contribution in [3.63, 3.8) is 0 Å². The van der Waals surface area contributed by atoms with Crippen molar-refractivity contribution in [3.8, 4) is 0 Å². The number of anilines is 1. The van der Waals surface area contributed by atoms with Gasteiger partial charge in [-0.05, 0) is 25.3 Å². The van der Waals surface area contributed by atoms with Gasteiger partial charge < -0.3 is 14.8 Å². The molecular formula is C18H20N4O2S3. The lowest BCUT2D eigenvalue weighted by Crippen LogP contribution is -2.48. The Hall–Kier alpha value is -1.71. The van der Waals surface area contributed by atoms with Crippen molar-refractivity contribution >= 4 is 50.7 Å². The minimum Gasteiger partial charge on any atom is -0.356 e. The van der Waals surface area contributed by atoms with Crippen LogP contribution in [0.15, 0.2) is 28.4 Å². The molecule has 2 aromatic heterocycles. The molecule has 2 aliphatic heterocycles.